The summed E-state index contributed by atoms with van der Waals surface area (Å²) in [6, 6.07) is 3.55. The molecule has 0 saturated heterocycles. The summed E-state index contributed by atoms with van der Waals surface area (Å²) in [6.07, 6.45) is 1.66. The predicted octanol–water partition coefficient (Wildman–Crippen LogP) is 2.94. The molecule has 0 bridgehead atoms. The van der Waals surface area contributed by atoms with Gasteiger partial charge in [0, 0.05) is 12.1 Å². The van der Waals surface area contributed by atoms with Crippen molar-refractivity contribution in [1.82, 2.24) is 0 Å². The van der Waals surface area contributed by atoms with Crippen molar-refractivity contribution in [1.29, 1.82) is 0 Å². The quantitative estimate of drug-likeness (QED) is 0.887. The fourth-order valence-electron chi connectivity index (χ4n) is 1.20. The summed E-state index contributed by atoms with van der Waals surface area (Å²) in [4.78, 5) is 0. The van der Waals surface area contributed by atoms with Crippen LogP contribution in [0.1, 0.15) is 5.56 Å². The van der Waals surface area contributed by atoms with Crippen molar-refractivity contribution in [3.63, 3.8) is 0 Å². The summed E-state index contributed by atoms with van der Waals surface area (Å²) < 4.78 is 10.6. The lowest BCUT2D eigenvalue weighted by Gasteiger charge is -2.12. The van der Waals surface area contributed by atoms with Crippen LogP contribution in [-0.4, -0.2) is 13.7 Å². The van der Waals surface area contributed by atoms with E-state index in [-0.39, 0.29) is 0 Å². The molecule has 0 aliphatic carbocycles. The Bertz CT molecular complexity index is 380. The first-order valence-corrected chi connectivity index (χ1v) is 5.48. The molecule has 0 amide bonds. The molecule has 0 saturated carbocycles. The van der Waals surface area contributed by atoms with E-state index in [1.807, 2.05) is 0 Å². The number of benzene rings is 1. The van der Waals surface area contributed by atoms with Gasteiger partial charge in [-0.05, 0) is 23.8 Å². The van der Waals surface area contributed by atoms with Crippen LogP contribution in [0.3, 0.4) is 0 Å². The van der Waals surface area contributed by atoms with Crippen molar-refractivity contribution in [2.45, 2.75) is 6.54 Å². The van der Waals surface area contributed by atoms with Crippen LogP contribution in [0.4, 0.5) is 0 Å². The zero-order chi connectivity index (χ0) is 12.0. The lowest BCUT2D eigenvalue weighted by molar-refractivity contribution is 0.326. The van der Waals surface area contributed by atoms with Crippen LogP contribution < -0.4 is 15.2 Å². The fourth-order valence-corrected chi connectivity index (χ4v) is 1.56. The molecule has 0 radical (unpaired) electrons. The number of rotatable bonds is 5. The zero-order valence-electron chi connectivity index (χ0n) is 8.87. The first-order chi connectivity index (χ1) is 7.72. The first-order valence-electron chi connectivity index (χ1n) is 4.67. The number of ether oxygens (including phenoxy) is 2. The van der Waals surface area contributed by atoms with Crippen LogP contribution in [-0.2, 0) is 6.54 Å². The highest BCUT2D eigenvalue weighted by Gasteiger charge is 2.10. The highest BCUT2D eigenvalue weighted by Crippen LogP contribution is 2.36. The van der Waals surface area contributed by atoms with Gasteiger partial charge in [-0.2, -0.15) is 0 Å². The smallest absolute Gasteiger partial charge is 0.180 e. The van der Waals surface area contributed by atoms with Crippen molar-refractivity contribution in [3.05, 3.63) is 34.3 Å². The Kier molecular flexibility index (Phi) is 5.46. The van der Waals surface area contributed by atoms with E-state index < -0.39 is 0 Å². The lowest BCUT2D eigenvalue weighted by atomic mass is 10.2. The second kappa shape index (κ2) is 6.63. The molecule has 88 valence electrons. The summed E-state index contributed by atoms with van der Waals surface area (Å²) in [5, 5.41) is 0.475. The summed E-state index contributed by atoms with van der Waals surface area (Å²) in [6.45, 7) is 0.736. The molecule has 1 aromatic rings. The van der Waals surface area contributed by atoms with E-state index in [0.717, 1.165) is 5.56 Å². The van der Waals surface area contributed by atoms with E-state index in [2.05, 4.69) is 0 Å². The Morgan fingerprint density at radius 2 is 2.19 bits per heavy atom. The second-order valence-corrected chi connectivity index (χ2v) is 3.65. The summed E-state index contributed by atoms with van der Waals surface area (Å²) in [7, 11) is 1.55. The topological polar surface area (TPSA) is 44.5 Å². The van der Waals surface area contributed by atoms with Gasteiger partial charge in [0.1, 0.15) is 6.61 Å². The maximum Gasteiger partial charge on any atom is 0.180 e. The second-order valence-electron chi connectivity index (χ2n) is 2.99. The van der Waals surface area contributed by atoms with E-state index in [1.165, 1.54) is 5.54 Å². The van der Waals surface area contributed by atoms with Gasteiger partial charge in [0.15, 0.2) is 11.5 Å². The molecule has 16 heavy (non-hydrogen) atoms. The average Bonchev–Trinajstić information content (AvgIpc) is 2.30. The molecule has 0 heterocycles. The van der Waals surface area contributed by atoms with Crippen LogP contribution >= 0.6 is 23.2 Å². The molecular weight excluding hydrogens is 249 g/mol. The van der Waals surface area contributed by atoms with E-state index >= 15 is 0 Å². The Morgan fingerprint density at radius 1 is 1.44 bits per heavy atom. The van der Waals surface area contributed by atoms with Gasteiger partial charge in [0.2, 0.25) is 0 Å². The Labute approximate surface area is 105 Å². The minimum absolute atomic E-state index is 0.335. The molecule has 2 N–H and O–H groups in total. The van der Waals surface area contributed by atoms with Crippen LogP contribution in [0.2, 0.25) is 5.02 Å². The standard InChI is InChI=1S/C11H13Cl2NO2/c1-15-10-6-8(7-14)5-9(13)11(10)16-4-2-3-12/h2-3,5-6H,4,7,14H2,1H3/b3-2+. The number of methoxy groups -OCH3 is 1. The molecule has 1 aromatic carbocycles. The van der Waals surface area contributed by atoms with Gasteiger partial charge >= 0.3 is 0 Å². The largest absolute Gasteiger partial charge is 0.493 e. The SMILES string of the molecule is COc1cc(CN)cc(Cl)c1OC/C=C/Cl. The minimum Gasteiger partial charge on any atom is -0.493 e. The molecule has 1 rings (SSSR count). The fraction of sp³-hybridized carbons (Fsp3) is 0.273. The van der Waals surface area contributed by atoms with E-state index in [9.17, 15) is 0 Å². The molecule has 0 aliphatic rings. The number of halogens is 2. The molecule has 0 aliphatic heterocycles. The maximum absolute atomic E-state index is 6.05. The molecular formula is C11H13Cl2NO2. The third-order valence-electron chi connectivity index (χ3n) is 1.94. The van der Waals surface area contributed by atoms with Crippen LogP contribution in [0.5, 0.6) is 11.5 Å². The monoisotopic (exact) mass is 261 g/mol. The molecule has 5 heteroatoms. The zero-order valence-corrected chi connectivity index (χ0v) is 10.4. The van der Waals surface area contributed by atoms with Crippen LogP contribution in [0.15, 0.2) is 23.7 Å². The highest BCUT2D eigenvalue weighted by atomic mass is 35.5. The molecule has 0 aromatic heterocycles. The highest BCUT2D eigenvalue weighted by molar-refractivity contribution is 6.32. The van der Waals surface area contributed by atoms with Crippen LogP contribution in [0.25, 0.3) is 0 Å². The van der Waals surface area contributed by atoms with Crippen LogP contribution in [0, 0.1) is 0 Å². The van der Waals surface area contributed by atoms with Crippen molar-refractivity contribution in [2.75, 3.05) is 13.7 Å². The van der Waals surface area contributed by atoms with Crippen molar-refractivity contribution < 1.29 is 9.47 Å². The number of hydrogen-bond donors (Lipinski definition) is 1. The lowest BCUT2D eigenvalue weighted by Crippen LogP contribution is -2.01. The number of nitrogens with two attached hydrogens (primary N) is 1. The van der Waals surface area contributed by atoms with E-state index in [0.29, 0.717) is 29.7 Å². The molecule has 0 fully saturated rings. The summed E-state index contributed by atoms with van der Waals surface area (Å²) >= 11 is 11.4. The van der Waals surface area contributed by atoms with E-state index in [4.69, 9.17) is 38.4 Å². The Morgan fingerprint density at radius 3 is 2.75 bits per heavy atom. The van der Waals surface area contributed by atoms with Crippen molar-refractivity contribution in [3.8, 4) is 11.5 Å². The normalized spacial score (nSPS) is 10.8. The maximum atomic E-state index is 6.05. The van der Waals surface area contributed by atoms with Gasteiger partial charge in [-0.3, -0.25) is 0 Å². The first kappa shape index (κ1) is 13.2. The number of hydrogen-bond acceptors (Lipinski definition) is 3. The Balaban J connectivity index is 2.96. The minimum atomic E-state index is 0.335. The molecule has 0 spiro atoms. The van der Waals surface area contributed by atoms with Gasteiger partial charge in [0.05, 0.1) is 12.1 Å². The molecule has 0 unspecified atom stereocenters. The summed E-state index contributed by atoms with van der Waals surface area (Å²) in [5.74, 6) is 1.06. The van der Waals surface area contributed by atoms with E-state index in [1.54, 1.807) is 25.3 Å². The molecule has 0 atom stereocenters. The molecule has 3 nitrogen and oxygen atoms in total. The van der Waals surface area contributed by atoms with Gasteiger partial charge in [-0.25, -0.2) is 0 Å². The van der Waals surface area contributed by atoms with Crippen molar-refractivity contribution in [2.24, 2.45) is 5.73 Å². The predicted molar refractivity (Wildman–Crippen MR) is 66.4 cm³/mol. The third kappa shape index (κ3) is 3.30. The van der Waals surface area contributed by atoms with Gasteiger partial charge in [-0.15, -0.1) is 0 Å². The van der Waals surface area contributed by atoms with Gasteiger partial charge in [-0.1, -0.05) is 23.2 Å². The van der Waals surface area contributed by atoms with Crippen molar-refractivity contribution >= 4 is 23.2 Å². The Hall–Kier alpha value is -0.900. The van der Waals surface area contributed by atoms with Gasteiger partial charge < -0.3 is 15.2 Å². The summed E-state index contributed by atoms with van der Waals surface area (Å²) in [5.41, 5.74) is 7.80. The van der Waals surface area contributed by atoms with Gasteiger partial charge in [0.25, 0.3) is 0 Å². The average molecular weight is 262 g/mol. The third-order valence-corrected chi connectivity index (χ3v) is 2.40.